The van der Waals surface area contributed by atoms with E-state index in [9.17, 15) is 4.79 Å². The van der Waals surface area contributed by atoms with Crippen LogP contribution in [-0.4, -0.2) is 20.5 Å². The van der Waals surface area contributed by atoms with Crippen LogP contribution in [0.5, 0.6) is 0 Å². The van der Waals surface area contributed by atoms with Crippen LogP contribution >= 0.6 is 11.6 Å². The Morgan fingerprint density at radius 1 is 1.42 bits per heavy atom. The number of Topliss-reactive ketones (excluding diaryl/α,β-unsaturated/α-hetero) is 1. The first-order chi connectivity index (χ1) is 9.10. The number of hydrogen-bond donors (Lipinski definition) is 0. The summed E-state index contributed by atoms with van der Waals surface area (Å²) in [5, 5.41) is 4.93. The maximum atomic E-state index is 12.0. The molecule has 0 radical (unpaired) electrons. The van der Waals surface area contributed by atoms with E-state index in [4.69, 9.17) is 11.6 Å². The third-order valence-corrected chi connectivity index (χ3v) is 3.28. The Hall–Kier alpha value is -1.68. The molecule has 0 aromatic carbocycles. The Morgan fingerprint density at radius 3 is 2.84 bits per heavy atom. The summed E-state index contributed by atoms with van der Waals surface area (Å²) in [6, 6.07) is 5.52. The van der Waals surface area contributed by atoms with Crippen molar-refractivity contribution in [3.63, 3.8) is 0 Å². The molecule has 0 fully saturated rings. The largest absolute Gasteiger partial charge is 0.292 e. The lowest BCUT2D eigenvalue weighted by Gasteiger charge is -2.07. The number of carbonyl (C=O) groups is 1. The first-order valence-electron chi connectivity index (χ1n) is 6.29. The Morgan fingerprint density at radius 2 is 2.21 bits per heavy atom. The molecule has 5 heteroatoms. The molecule has 2 aromatic heterocycles. The molecule has 1 atom stereocenters. The Kier molecular flexibility index (Phi) is 4.32. The Bertz CT molecular complexity index is 562. The van der Waals surface area contributed by atoms with Crippen molar-refractivity contribution in [2.24, 2.45) is 0 Å². The van der Waals surface area contributed by atoms with Gasteiger partial charge in [-0.25, -0.2) is 0 Å². The number of aromatic nitrogens is 3. The first-order valence-corrected chi connectivity index (χ1v) is 6.66. The summed E-state index contributed by atoms with van der Waals surface area (Å²) in [4.78, 5) is 16.0. The molecule has 2 rings (SSSR count). The van der Waals surface area contributed by atoms with E-state index in [2.05, 4.69) is 23.9 Å². The van der Waals surface area contributed by atoms with Gasteiger partial charge in [0.05, 0.1) is 17.1 Å². The fraction of sp³-hybridized carbons (Fsp3) is 0.357. The van der Waals surface area contributed by atoms with Crippen LogP contribution in [0.4, 0.5) is 0 Å². The van der Waals surface area contributed by atoms with Gasteiger partial charge in [0, 0.05) is 18.4 Å². The van der Waals surface area contributed by atoms with E-state index in [0.29, 0.717) is 16.8 Å². The summed E-state index contributed by atoms with van der Waals surface area (Å²) >= 11 is 5.74. The maximum absolute atomic E-state index is 12.0. The van der Waals surface area contributed by atoms with Gasteiger partial charge >= 0.3 is 0 Å². The van der Waals surface area contributed by atoms with Crippen molar-refractivity contribution in [1.82, 2.24) is 14.8 Å². The second kappa shape index (κ2) is 5.97. The zero-order valence-corrected chi connectivity index (χ0v) is 11.8. The third-order valence-electron chi connectivity index (χ3n) is 3.06. The molecule has 0 spiro atoms. The van der Waals surface area contributed by atoms with E-state index >= 15 is 0 Å². The highest BCUT2D eigenvalue weighted by Gasteiger charge is 2.11. The highest BCUT2D eigenvalue weighted by molar-refractivity contribution is 6.30. The number of carbonyl (C=O) groups excluding carboxylic acids is 1. The molecule has 0 saturated heterocycles. The molecular weight excluding hydrogens is 262 g/mol. The zero-order valence-electron chi connectivity index (χ0n) is 11.0. The van der Waals surface area contributed by atoms with Gasteiger partial charge in [-0.15, -0.1) is 0 Å². The minimum atomic E-state index is -0.0499. The summed E-state index contributed by atoms with van der Waals surface area (Å²) in [6.45, 7) is 4.20. The fourth-order valence-corrected chi connectivity index (χ4v) is 1.81. The molecule has 2 aromatic rings. The van der Waals surface area contributed by atoms with Gasteiger partial charge in [0.1, 0.15) is 5.69 Å². The van der Waals surface area contributed by atoms with Crippen molar-refractivity contribution < 1.29 is 4.79 Å². The number of hydrogen-bond acceptors (Lipinski definition) is 3. The van der Waals surface area contributed by atoms with Crippen LogP contribution < -0.4 is 0 Å². The summed E-state index contributed by atoms with van der Waals surface area (Å²) in [5.41, 5.74) is 1.18. The number of rotatable bonds is 5. The van der Waals surface area contributed by atoms with Gasteiger partial charge < -0.3 is 0 Å². The van der Waals surface area contributed by atoms with Gasteiger partial charge in [-0.05, 0) is 31.5 Å². The lowest BCUT2D eigenvalue weighted by Crippen LogP contribution is -2.08. The molecule has 19 heavy (non-hydrogen) atoms. The second-order valence-electron chi connectivity index (χ2n) is 4.51. The minimum absolute atomic E-state index is 0.0499. The number of nitrogens with zero attached hydrogens (tertiary/aromatic N) is 3. The predicted octanol–water partition coefficient (Wildman–Crippen LogP) is 3.33. The molecule has 2 heterocycles. The van der Waals surface area contributed by atoms with E-state index in [-0.39, 0.29) is 12.2 Å². The van der Waals surface area contributed by atoms with E-state index < -0.39 is 0 Å². The van der Waals surface area contributed by atoms with Crippen molar-refractivity contribution in [3.8, 4) is 0 Å². The van der Waals surface area contributed by atoms with Crippen molar-refractivity contribution >= 4 is 17.4 Å². The standard InChI is InChI=1S/C14H16ClN3O/c1-3-10(2)18-7-6-12(17-18)8-14(19)13-5-4-11(15)9-16-13/h4-7,9-10H,3,8H2,1-2H3. The van der Waals surface area contributed by atoms with Gasteiger partial charge in [0.15, 0.2) is 5.78 Å². The zero-order chi connectivity index (χ0) is 13.8. The average Bonchev–Trinajstić information content (AvgIpc) is 2.87. The monoisotopic (exact) mass is 277 g/mol. The fourth-order valence-electron chi connectivity index (χ4n) is 1.70. The van der Waals surface area contributed by atoms with Crippen LogP contribution in [0, 0.1) is 0 Å². The number of pyridine rings is 1. The van der Waals surface area contributed by atoms with Crippen molar-refractivity contribution in [3.05, 3.63) is 47.0 Å². The van der Waals surface area contributed by atoms with Crippen LogP contribution in [0.1, 0.15) is 42.5 Å². The molecule has 0 N–H and O–H groups in total. The van der Waals surface area contributed by atoms with E-state index in [1.54, 1.807) is 12.1 Å². The van der Waals surface area contributed by atoms with Crippen molar-refractivity contribution in [2.75, 3.05) is 0 Å². The number of ketones is 1. The predicted molar refractivity (Wildman–Crippen MR) is 74.5 cm³/mol. The lowest BCUT2D eigenvalue weighted by atomic mass is 10.1. The van der Waals surface area contributed by atoms with Crippen LogP contribution in [0.3, 0.4) is 0 Å². The highest BCUT2D eigenvalue weighted by atomic mass is 35.5. The first kappa shape index (κ1) is 13.7. The molecule has 0 aliphatic carbocycles. The van der Waals surface area contributed by atoms with Gasteiger partial charge in [0.2, 0.25) is 0 Å². The van der Waals surface area contributed by atoms with Gasteiger partial charge in [-0.2, -0.15) is 5.10 Å². The third kappa shape index (κ3) is 3.41. The Balaban J connectivity index is 2.06. The van der Waals surface area contributed by atoms with Crippen LogP contribution in [-0.2, 0) is 6.42 Å². The molecule has 0 bridgehead atoms. The SMILES string of the molecule is CCC(C)n1ccc(CC(=O)c2ccc(Cl)cn2)n1. The molecule has 0 saturated carbocycles. The van der Waals surface area contributed by atoms with Gasteiger partial charge in [-0.1, -0.05) is 18.5 Å². The summed E-state index contributed by atoms with van der Waals surface area (Å²) < 4.78 is 1.89. The van der Waals surface area contributed by atoms with E-state index in [0.717, 1.165) is 12.1 Å². The minimum Gasteiger partial charge on any atom is -0.292 e. The number of halogens is 1. The van der Waals surface area contributed by atoms with Crippen molar-refractivity contribution in [2.45, 2.75) is 32.7 Å². The summed E-state index contributed by atoms with van der Waals surface area (Å²) in [5.74, 6) is -0.0499. The highest BCUT2D eigenvalue weighted by Crippen LogP contribution is 2.12. The molecule has 1 unspecified atom stereocenters. The van der Waals surface area contributed by atoms with E-state index in [1.165, 1.54) is 6.20 Å². The van der Waals surface area contributed by atoms with Crippen molar-refractivity contribution in [1.29, 1.82) is 0 Å². The lowest BCUT2D eigenvalue weighted by molar-refractivity contribution is 0.0987. The quantitative estimate of drug-likeness (QED) is 0.788. The Labute approximate surface area is 117 Å². The molecule has 0 aliphatic heterocycles. The smallest absolute Gasteiger partial charge is 0.187 e. The normalized spacial score (nSPS) is 12.4. The summed E-state index contributed by atoms with van der Waals surface area (Å²) in [6.07, 6.45) is 4.66. The summed E-state index contributed by atoms with van der Waals surface area (Å²) in [7, 11) is 0. The molecule has 0 amide bonds. The maximum Gasteiger partial charge on any atom is 0.187 e. The molecular formula is C14H16ClN3O. The topological polar surface area (TPSA) is 47.8 Å². The average molecular weight is 278 g/mol. The van der Waals surface area contributed by atoms with E-state index in [1.807, 2.05) is 16.9 Å². The van der Waals surface area contributed by atoms with Crippen LogP contribution in [0.2, 0.25) is 5.02 Å². The van der Waals surface area contributed by atoms with Gasteiger partial charge in [-0.3, -0.25) is 14.5 Å². The molecule has 4 nitrogen and oxygen atoms in total. The van der Waals surface area contributed by atoms with Gasteiger partial charge in [0.25, 0.3) is 0 Å². The van der Waals surface area contributed by atoms with Crippen LogP contribution in [0.15, 0.2) is 30.6 Å². The molecule has 100 valence electrons. The second-order valence-corrected chi connectivity index (χ2v) is 4.94. The molecule has 0 aliphatic rings. The van der Waals surface area contributed by atoms with Crippen LogP contribution in [0.25, 0.3) is 0 Å².